The van der Waals surface area contributed by atoms with Crippen LogP contribution < -0.4 is 9.64 Å². The highest BCUT2D eigenvalue weighted by atomic mass is 16.6. The highest BCUT2D eigenvalue weighted by molar-refractivity contribution is 5.62. The summed E-state index contributed by atoms with van der Waals surface area (Å²) in [5.74, 6) is 0.513. The molecule has 1 fully saturated rings. The number of anilines is 1. The van der Waals surface area contributed by atoms with Crippen molar-refractivity contribution in [3.8, 4) is 5.75 Å². The van der Waals surface area contributed by atoms with Crippen molar-refractivity contribution in [3.63, 3.8) is 0 Å². The average Bonchev–Trinajstić information content (AvgIpc) is 3.09. The van der Waals surface area contributed by atoms with Gasteiger partial charge in [0.15, 0.2) is 0 Å². The molecule has 0 unspecified atom stereocenters. The van der Waals surface area contributed by atoms with Gasteiger partial charge in [0.05, 0.1) is 29.9 Å². The molecular weight excluding hydrogens is 314 g/mol. The Morgan fingerprint density at radius 3 is 2.42 bits per heavy atom. The standard InChI is InChI=1S/C16H25N3O5/c20-10-7-17(8-11-21)9-12-24-16-13-14(19(22)23)3-4-15(16)18-5-1-2-6-18/h3-4,13,20-21H,1-2,5-12H2. The number of ether oxygens (including phenoxy) is 1. The van der Waals surface area contributed by atoms with Crippen molar-refractivity contribution in [3.05, 3.63) is 28.3 Å². The van der Waals surface area contributed by atoms with Crippen LogP contribution in [0.15, 0.2) is 18.2 Å². The van der Waals surface area contributed by atoms with Crippen molar-refractivity contribution < 1.29 is 19.9 Å². The Balaban J connectivity index is 2.05. The Labute approximate surface area is 141 Å². The molecule has 1 aliphatic rings. The summed E-state index contributed by atoms with van der Waals surface area (Å²) < 4.78 is 5.81. The molecule has 2 rings (SSSR count). The van der Waals surface area contributed by atoms with Gasteiger partial charge in [-0.25, -0.2) is 0 Å². The summed E-state index contributed by atoms with van der Waals surface area (Å²) >= 11 is 0. The van der Waals surface area contributed by atoms with E-state index in [2.05, 4.69) is 4.90 Å². The van der Waals surface area contributed by atoms with E-state index in [0.717, 1.165) is 31.6 Å². The normalized spacial score (nSPS) is 14.4. The van der Waals surface area contributed by atoms with E-state index < -0.39 is 4.92 Å². The van der Waals surface area contributed by atoms with E-state index in [9.17, 15) is 10.1 Å². The fraction of sp³-hybridized carbons (Fsp3) is 0.625. The summed E-state index contributed by atoms with van der Waals surface area (Å²) in [5.41, 5.74) is 0.893. The van der Waals surface area contributed by atoms with Crippen molar-refractivity contribution in [2.75, 3.05) is 57.4 Å². The van der Waals surface area contributed by atoms with Crippen LogP contribution >= 0.6 is 0 Å². The monoisotopic (exact) mass is 339 g/mol. The van der Waals surface area contributed by atoms with Crippen molar-refractivity contribution in [2.45, 2.75) is 12.8 Å². The first-order valence-corrected chi connectivity index (χ1v) is 8.26. The maximum atomic E-state index is 11.0. The van der Waals surface area contributed by atoms with Crippen molar-refractivity contribution in [2.24, 2.45) is 0 Å². The molecule has 1 aromatic carbocycles. The lowest BCUT2D eigenvalue weighted by atomic mass is 10.2. The van der Waals surface area contributed by atoms with Crippen LogP contribution in [0.1, 0.15) is 12.8 Å². The molecule has 0 amide bonds. The zero-order chi connectivity index (χ0) is 17.4. The lowest BCUT2D eigenvalue weighted by Gasteiger charge is -2.23. The van der Waals surface area contributed by atoms with Crippen LogP contribution in [0.5, 0.6) is 5.75 Å². The first kappa shape index (κ1) is 18.4. The fourth-order valence-electron chi connectivity index (χ4n) is 2.85. The maximum absolute atomic E-state index is 11.0. The molecule has 1 saturated heterocycles. The second kappa shape index (κ2) is 9.41. The first-order valence-electron chi connectivity index (χ1n) is 8.26. The van der Waals surface area contributed by atoms with Gasteiger partial charge in [0.1, 0.15) is 12.4 Å². The Kier molecular flexibility index (Phi) is 7.23. The van der Waals surface area contributed by atoms with Gasteiger partial charge in [-0.1, -0.05) is 0 Å². The molecule has 0 aromatic heterocycles. The molecule has 24 heavy (non-hydrogen) atoms. The van der Waals surface area contributed by atoms with E-state index in [1.807, 2.05) is 4.90 Å². The van der Waals surface area contributed by atoms with Crippen molar-refractivity contribution in [1.29, 1.82) is 0 Å². The van der Waals surface area contributed by atoms with Gasteiger partial charge in [0, 0.05) is 38.8 Å². The molecular formula is C16H25N3O5. The fourth-order valence-corrected chi connectivity index (χ4v) is 2.85. The largest absolute Gasteiger partial charge is 0.490 e. The number of nitrogens with zero attached hydrogens (tertiary/aromatic N) is 3. The zero-order valence-electron chi connectivity index (χ0n) is 13.8. The number of non-ortho nitro benzene ring substituents is 1. The van der Waals surface area contributed by atoms with Gasteiger partial charge in [-0.3, -0.25) is 15.0 Å². The number of aliphatic hydroxyl groups excluding tert-OH is 2. The predicted molar refractivity (Wildman–Crippen MR) is 90.7 cm³/mol. The number of aliphatic hydroxyl groups is 2. The molecule has 0 spiro atoms. The Hall–Kier alpha value is -1.90. The van der Waals surface area contributed by atoms with E-state index in [0.29, 0.717) is 32.0 Å². The summed E-state index contributed by atoms with van der Waals surface area (Å²) in [6.07, 6.45) is 2.22. The topological polar surface area (TPSA) is 99.3 Å². The number of hydrogen-bond acceptors (Lipinski definition) is 7. The number of hydrogen-bond donors (Lipinski definition) is 2. The molecule has 2 N–H and O–H groups in total. The maximum Gasteiger partial charge on any atom is 0.273 e. The summed E-state index contributed by atoms with van der Waals surface area (Å²) in [6, 6.07) is 4.72. The zero-order valence-corrected chi connectivity index (χ0v) is 13.8. The van der Waals surface area contributed by atoms with Gasteiger partial charge >= 0.3 is 0 Å². The van der Waals surface area contributed by atoms with Gasteiger partial charge in [-0.2, -0.15) is 0 Å². The SMILES string of the molecule is O=[N+]([O-])c1ccc(N2CCCC2)c(OCCN(CCO)CCO)c1. The van der Waals surface area contributed by atoms with Crippen LogP contribution in [-0.4, -0.2) is 72.6 Å². The summed E-state index contributed by atoms with van der Waals surface area (Å²) in [5, 5.41) is 29.0. The minimum Gasteiger partial charge on any atom is -0.490 e. The number of benzene rings is 1. The van der Waals surface area contributed by atoms with E-state index in [4.69, 9.17) is 14.9 Å². The van der Waals surface area contributed by atoms with Crippen molar-refractivity contribution in [1.82, 2.24) is 4.90 Å². The number of nitro benzene ring substituents is 1. The second-order valence-corrected chi connectivity index (χ2v) is 5.74. The molecule has 0 aliphatic carbocycles. The lowest BCUT2D eigenvalue weighted by molar-refractivity contribution is -0.384. The molecule has 0 radical (unpaired) electrons. The molecule has 0 atom stereocenters. The van der Waals surface area contributed by atoms with E-state index >= 15 is 0 Å². The predicted octanol–water partition coefficient (Wildman–Crippen LogP) is 0.860. The van der Waals surface area contributed by atoms with Gasteiger partial charge in [0.25, 0.3) is 5.69 Å². The van der Waals surface area contributed by atoms with Crippen LogP contribution in [0, 0.1) is 10.1 Å². The molecule has 1 aliphatic heterocycles. The van der Waals surface area contributed by atoms with E-state index in [1.54, 1.807) is 6.07 Å². The molecule has 1 aromatic rings. The minimum absolute atomic E-state index is 0.00974. The van der Waals surface area contributed by atoms with Gasteiger partial charge < -0.3 is 19.8 Å². The average molecular weight is 339 g/mol. The Morgan fingerprint density at radius 1 is 1.17 bits per heavy atom. The second-order valence-electron chi connectivity index (χ2n) is 5.74. The van der Waals surface area contributed by atoms with Crippen molar-refractivity contribution >= 4 is 11.4 Å². The van der Waals surface area contributed by atoms with E-state index in [1.165, 1.54) is 12.1 Å². The highest BCUT2D eigenvalue weighted by Crippen LogP contribution is 2.34. The molecule has 8 heteroatoms. The lowest BCUT2D eigenvalue weighted by Crippen LogP contribution is -2.33. The Bertz CT molecular complexity index is 528. The third-order valence-electron chi connectivity index (χ3n) is 4.10. The summed E-state index contributed by atoms with van der Waals surface area (Å²) in [7, 11) is 0. The van der Waals surface area contributed by atoms with Crippen LogP contribution in [0.25, 0.3) is 0 Å². The van der Waals surface area contributed by atoms with Crippen LogP contribution in [0.3, 0.4) is 0 Å². The van der Waals surface area contributed by atoms with Gasteiger partial charge in [-0.15, -0.1) is 0 Å². The third-order valence-corrected chi connectivity index (χ3v) is 4.10. The quantitative estimate of drug-likeness (QED) is 0.482. The minimum atomic E-state index is -0.426. The molecule has 1 heterocycles. The van der Waals surface area contributed by atoms with Gasteiger partial charge in [-0.05, 0) is 18.9 Å². The first-order chi connectivity index (χ1) is 11.7. The Morgan fingerprint density at radius 2 is 1.83 bits per heavy atom. The van der Waals surface area contributed by atoms with E-state index in [-0.39, 0.29) is 18.9 Å². The van der Waals surface area contributed by atoms with Gasteiger partial charge in [0.2, 0.25) is 0 Å². The van der Waals surface area contributed by atoms with Crippen LogP contribution in [0.2, 0.25) is 0 Å². The summed E-state index contributed by atoms with van der Waals surface area (Å²) in [6.45, 7) is 3.65. The summed E-state index contributed by atoms with van der Waals surface area (Å²) in [4.78, 5) is 14.6. The highest BCUT2D eigenvalue weighted by Gasteiger charge is 2.19. The number of nitro groups is 1. The smallest absolute Gasteiger partial charge is 0.273 e. The number of rotatable bonds is 10. The van der Waals surface area contributed by atoms with Crippen LogP contribution in [0.4, 0.5) is 11.4 Å². The van der Waals surface area contributed by atoms with Crippen LogP contribution in [-0.2, 0) is 0 Å². The molecule has 0 bridgehead atoms. The molecule has 0 saturated carbocycles. The molecule has 8 nitrogen and oxygen atoms in total. The molecule has 134 valence electrons. The third kappa shape index (κ3) is 5.05.